The van der Waals surface area contributed by atoms with E-state index in [4.69, 9.17) is 5.11 Å². The van der Waals surface area contributed by atoms with Gasteiger partial charge >= 0.3 is 17.9 Å². The van der Waals surface area contributed by atoms with E-state index in [9.17, 15) is 47.9 Å². The van der Waals surface area contributed by atoms with Crippen LogP contribution in [0.1, 0.15) is 84.0 Å². The van der Waals surface area contributed by atoms with Crippen molar-refractivity contribution in [3.63, 3.8) is 0 Å². The summed E-state index contributed by atoms with van der Waals surface area (Å²) in [6, 6.07) is 0. The highest BCUT2D eigenvalue weighted by atomic mass is 16.5. The molecule has 268 valence electrons. The van der Waals surface area contributed by atoms with Crippen molar-refractivity contribution < 1.29 is 68.0 Å². The van der Waals surface area contributed by atoms with Gasteiger partial charge in [-0.1, -0.05) is 0 Å². The molecular weight excluding hydrogens is 628 g/mol. The number of carboxylic acid groups (broad SMARTS) is 1. The van der Waals surface area contributed by atoms with Crippen molar-refractivity contribution in [1.29, 1.82) is 0 Å². The fraction of sp³-hybridized carbons (Fsp3) is 0.655. The number of aliphatic carboxylic acids is 1. The number of rotatable bonds is 24. The second-order valence-electron chi connectivity index (χ2n) is 9.85. The zero-order valence-corrected chi connectivity index (χ0v) is 27.2. The van der Waals surface area contributed by atoms with Crippen LogP contribution in [0.5, 0.6) is 0 Å². The Balaban J connectivity index is -0.000000807. The molecule has 0 rings (SSSR count). The molecule has 4 amide bonds. The third kappa shape index (κ3) is 34.0. The van der Waals surface area contributed by atoms with E-state index in [2.05, 4.69) is 30.7 Å². The molecule has 0 atom stereocenters. The number of ketones is 3. The summed E-state index contributed by atoms with van der Waals surface area (Å²) in [5, 5.41) is 17.8. The van der Waals surface area contributed by atoms with Crippen molar-refractivity contribution in [2.24, 2.45) is 0 Å². The van der Waals surface area contributed by atoms with Crippen LogP contribution in [-0.2, 0) is 57.4 Å². The van der Waals surface area contributed by atoms with Crippen LogP contribution in [-0.4, -0.2) is 110 Å². The molecule has 0 aliphatic carbocycles. The number of hydrogen-bond acceptors (Lipinski definition) is 12. The van der Waals surface area contributed by atoms with Gasteiger partial charge in [0.15, 0.2) is 11.6 Å². The number of amides is 4. The van der Waals surface area contributed by atoms with E-state index in [0.29, 0.717) is 25.7 Å². The van der Waals surface area contributed by atoms with Crippen LogP contribution in [0, 0.1) is 0 Å². The van der Waals surface area contributed by atoms with E-state index < -0.39 is 18.4 Å². The van der Waals surface area contributed by atoms with Crippen LogP contribution < -0.4 is 21.3 Å². The van der Waals surface area contributed by atoms with Crippen molar-refractivity contribution in [2.45, 2.75) is 84.0 Å². The second-order valence-corrected chi connectivity index (χ2v) is 9.85. The number of methoxy groups -OCH3 is 2. The van der Waals surface area contributed by atoms with Gasteiger partial charge in [-0.3, -0.25) is 47.9 Å². The number of hydrogen-bond donors (Lipinski definition) is 5. The molecule has 0 aromatic heterocycles. The predicted octanol–water partition coefficient (Wildman–Crippen LogP) is -1.55. The van der Waals surface area contributed by atoms with Gasteiger partial charge in [0.25, 0.3) is 0 Å². The molecule has 18 heteroatoms. The normalized spacial score (nSPS) is 9.60. The summed E-state index contributed by atoms with van der Waals surface area (Å²) in [5.41, 5.74) is 0. The van der Waals surface area contributed by atoms with Gasteiger partial charge in [0.1, 0.15) is 12.3 Å². The minimum absolute atomic E-state index is 0. The molecular formula is C29H48N4O14. The first-order valence-electron chi connectivity index (χ1n) is 14.6. The number of Topliss-reactive ketones (excluding diaryl/α,β-unsaturated/α-hetero) is 3. The lowest BCUT2D eigenvalue weighted by Crippen LogP contribution is -2.32. The molecule has 0 radical (unpaired) electrons. The first-order valence-corrected chi connectivity index (χ1v) is 14.6. The minimum Gasteiger partial charge on any atom is -0.480 e. The first kappa shape index (κ1) is 46.7. The highest BCUT2D eigenvalue weighted by Crippen LogP contribution is 2.02. The molecule has 0 bridgehead atoms. The van der Waals surface area contributed by atoms with Crippen molar-refractivity contribution in [3.8, 4) is 0 Å². The predicted molar refractivity (Wildman–Crippen MR) is 163 cm³/mol. The van der Waals surface area contributed by atoms with Gasteiger partial charge in [0.2, 0.25) is 23.6 Å². The number of nitrogens with one attached hydrogen (secondary N) is 4. The van der Waals surface area contributed by atoms with E-state index in [1.807, 2.05) is 0 Å². The molecule has 47 heavy (non-hydrogen) atoms. The lowest BCUT2D eigenvalue weighted by atomic mass is 10.1. The molecule has 0 aliphatic heterocycles. The molecule has 0 aromatic carbocycles. The van der Waals surface area contributed by atoms with Crippen LogP contribution in [0.15, 0.2) is 0 Å². The maximum atomic E-state index is 11.5. The lowest BCUT2D eigenvalue weighted by Gasteiger charge is -2.05. The maximum Gasteiger partial charge on any atom is 0.322 e. The fourth-order valence-electron chi connectivity index (χ4n) is 3.14. The number of unbranched alkanes of at least 4 members (excludes halogenated alkanes) is 2. The molecule has 0 heterocycles. The molecule has 7 N–H and O–H groups in total. The van der Waals surface area contributed by atoms with Crippen molar-refractivity contribution in [3.05, 3.63) is 0 Å². The Bertz CT molecular complexity index is 980. The third-order valence-corrected chi connectivity index (χ3v) is 5.72. The van der Waals surface area contributed by atoms with Gasteiger partial charge in [0, 0.05) is 51.4 Å². The minimum atomic E-state index is -1.16. The van der Waals surface area contributed by atoms with E-state index in [0.717, 1.165) is 0 Å². The lowest BCUT2D eigenvalue weighted by molar-refractivity contribution is -0.141. The van der Waals surface area contributed by atoms with Crippen molar-refractivity contribution in [2.75, 3.05) is 40.4 Å². The highest BCUT2D eigenvalue weighted by Gasteiger charge is 2.11. The molecule has 0 spiro atoms. The summed E-state index contributed by atoms with van der Waals surface area (Å²) in [4.78, 5) is 111. The van der Waals surface area contributed by atoms with Gasteiger partial charge in [-0.2, -0.15) is 0 Å². The smallest absolute Gasteiger partial charge is 0.322 e. The largest absolute Gasteiger partial charge is 0.480 e. The quantitative estimate of drug-likeness (QED) is 0.0572. The van der Waals surface area contributed by atoms with Gasteiger partial charge in [-0.25, -0.2) is 0 Å². The molecule has 0 aromatic rings. The summed E-state index contributed by atoms with van der Waals surface area (Å²) in [6.07, 6.45) is 2.83. The van der Waals surface area contributed by atoms with Gasteiger partial charge < -0.3 is 41.3 Å². The third-order valence-electron chi connectivity index (χ3n) is 5.72. The van der Waals surface area contributed by atoms with E-state index in [-0.39, 0.29) is 123 Å². The highest BCUT2D eigenvalue weighted by molar-refractivity contribution is 5.91. The van der Waals surface area contributed by atoms with Crippen molar-refractivity contribution >= 4 is 58.9 Å². The Labute approximate surface area is 272 Å². The van der Waals surface area contributed by atoms with E-state index >= 15 is 0 Å². The number of ether oxygens (including phenoxy) is 2. The maximum absolute atomic E-state index is 11.5. The molecule has 0 fully saturated rings. The molecule has 0 saturated carbocycles. The zero-order valence-electron chi connectivity index (χ0n) is 27.2. The Kier molecular flexibility index (Phi) is 29.7. The molecule has 18 nitrogen and oxygen atoms in total. The topological polar surface area (TPSA) is 289 Å². The summed E-state index contributed by atoms with van der Waals surface area (Å²) >= 11 is 0. The number of carbonyl (C=O) groups is 10. The van der Waals surface area contributed by atoms with Gasteiger partial charge in [-0.05, 0) is 32.6 Å². The van der Waals surface area contributed by atoms with Crippen molar-refractivity contribution in [1.82, 2.24) is 21.3 Å². The first-order chi connectivity index (χ1) is 21.7. The van der Waals surface area contributed by atoms with E-state index in [1.54, 1.807) is 0 Å². The Morgan fingerprint density at radius 3 is 1.13 bits per heavy atom. The van der Waals surface area contributed by atoms with Crippen LogP contribution in [0.25, 0.3) is 0 Å². The summed E-state index contributed by atoms with van der Waals surface area (Å²) in [7, 11) is 2.60. The zero-order chi connectivity index (χ0) is 35.3. The summed E-state index contributed by atoms with van der Waals surface area (Å²) < 4.78 is 8.94. The number of carboxylic acids is 1. The van der Waals surface area contributed by atoms with E-state index in [1.165, 1.54) is 21.1 Å². The SMILES string of the molecule is COC(=O)CCCCC(=O)NCC(=O)CCC(=O)NCC(=O)O.COC(=O)CCCCC(=O)NCC(=O)CCC(=O)NCC(C)=O.O. The monoisotopic (exact) mass is 676 g/mol. The van der Waals surface area contributed by atoms with Crippen LogP contribution in [0.4, 0.5) is 0 Å². The molecule has 0 saturated heterocycles. The number of esters is 2. The van der Waals surface area contributed by atoms with Crippen LogP contribution in [0.2, 0.25) is 0 Å². The Hall–Kier alpha value is -4.74. The van der Waals surface area contributed by atoms with Gasteiger partial charge in [-0.15, -0.1) is 0 Å². The average Bonchev–Trinajstić information content (AvgIpc) is 3.02. The fourth-order valence-corrected chi connectivity index (χ4v) is 3.14. The number of carbonyl (C=O) groups excluding carboxylic acids is 9. The second kappa shape index (κ2) is 29.9. The van der Waals surface area contributed by atoms with Crippen LogP contribution >= 0.6 is 0 Å². The average molecular weight is 677 g/mol. The van der Waals surface area contributed by atoms with Gasteiger partial charge in [0.05, 0.1) is 33.9 Å². The Morgan fingerprint density at radius 1 is 0.468 bits per heavy atom. The van der Waals surface area contributed by atoms with Crippen LogP contribution in [0.3, 0.4) is 0 Å². The molecule has 0 aliphatic rings. The molecule has 0 unspecified atom stereocenters. The standard InChI is InChI=1S/C15H24N2O6.C14H22N2O7.H2O/c1-11(18)9-16-14(21)8-7-12(19)10-17-13(20)5-3-4-6-15(22)23-2;1-23-14(22)5-3-2-4-11(18)15-8-10(17)6-7-12(19)16-9-13(20)21;/h3-10H2,1-2H3,(H,16,21)(H,17,20);2-9H2,1H3,(H,15,18)(H,16,19)(H,20,21);1H2. The summed E-state index contributed by atoms with van der Waals surface area (Å²) in [5.74, 6) is -4.04. The Morgan fingerprint density at radius 2 is 0.787 bits per heavy atom. The summed E-state index contributed by atoms with van der Waals surface area (Å²) in [6.45, 7) is 0.509.